The van der Waals surface area contributed by atoms with Crippen LogP contribution in [0.15, 0.2) is 170 Å². The Morgan fingerprint density at radius 2 is 0.958 bits per heavy atom. The zero-order valence-corrected chi connectivity index (χ0v) is 26.0. The number of para-hydroxylation sites is 2. The largest absolute Gasteiger partial charge is 0.309 e. The predicted octanol–water partition coefficient (Wildman–Crippen LogP) is 11.2. The second kappa shape index (κ2) is 10.5. The number of nitrogens with zero attached hydrogens (tertiary/aromatic N) is 4. The molecule has 224 valence electrons. The Kier molecular flexibility index (Phi) is 5.84. The maximum absolute atomic E-state index is 5.25. The molecular weight excluding hydrogens is 585 g/mol. The van der Waals surface area contributed by atoms with Gasteiger partial charge < -0.3 is 4.57 Å². The smallest absolute Gasteiger partial charge is 0.235 e. The van der Waals surface area contributed by atoms with Gasteiger partial charge in [0.05, 0.1) is 33.5 Å². The molecule has 0 amide bonds. The third-order valence-electron chi connectivity index (χ3n) is 9.51. The number of hydrogen-bond acceptors (Lipinski definition) is 2. The number of hydrogen-bond donors (Lipinski definition) is 0. The third-order valence-corrected chi connectivity index (χ3v) is 9.51. The first kappa shape index (κ1) is 26.7. The lowest BCUT2D eigenvalue weighted by Gasteiger charge is -2.12. The van der Waals surface area contributed by atoms with E-state index in [-0.39, 0.29) is 0 Å². The van der Waals surface area contributed by atoms with E-state index in [1.807, 2.05) is 12.1 Å². The van der Waals surface area contributed by atoms with Crippen molar-refractivity contribution in [2.45, 2.75) is 0 Å². The monoisotopic (exact) mass is 612 g/mol. The highest BCUT2D eigenvalue weighted by atomic mass is 15.2. The minimum atomic E-state index is 0.647. The minimum Gasteiger partial charge on any atom is -0.309 e. The second-order valence-electron chi connectivity index (χ2n) is 12.3. The molecule has 3 heterocycles. The van der Waals surface area contributed by atoms with E-state index >= 15 is 0 Å². The Morgan fingerprint density at radius 3 is 1.67 bits per heavy atom. The van der Waals surface area contributed by atoms with E-state index < -0.39 is 0 Å². The molecule has 10 aromatic rings. The molecule has 0 bridgehead atoms. The Hall–Kier alpha value is -6.52. The molecule has 0 unspecified atom stereocenters. The van der Waals surface area contributed by atoms with Crippen molar-refractivity contribution >= 4 is 54.4 Å². The quantitative estimate of drug-likeness (QED) is 0.198. The standard InChI is InChI=1S/C44H28N4/c1-3-14-30(15-4-1)37-28-38(31-16-5-2-6-17-31)46-44(45-37)48-40-22-12-10-20-36(40)42-41(48)26-25-35-34-19-9-11-21-39(34)47(43(35)42)33-24-23-29-13-7-8-18-32(29)27-33/h1-28H. The van der Waals surface area contributed by atoms with Crippen LogP contribution in [0.2, 0.25) is 0 Å². The number of rotatable bonds is 4. The first-order valence-electron chi connectivity index (χ1n) is 16.3. The molecule has 0 radical (unpaired) electrons. The normalized spacial score (nSPS) is 11.8. The van der Waals surface area contributed by atoms with E-state index in [0.29, 0.717) is 5.95 Å². The van der Waals surface area contributed by atoms with E-state index in [0.717, 1.165) is 44.6 Å². The summed E-state index contributed by atoms with van der Waals surface area (Å²) < 4.78 is 4.68. The number of aromatic nitrogens is 4. The van der Waals surface area contributed by atoms with Gasteiger partial charge in [-0.1, -0.05) is 133 Å². The number of benzene rings is 7. The van der Waals surface area contributed by atoms with Crippen LogP contribution in [0.1, 0.15) is 0 Å². The van der Waals surface area contributed by atoms with Crippen LogP contribution < -0.4 is 0 Å². The van der Waals surface area contributed by atoms with Crippen LogP contribution in [0, 0.1) is 0 Å². The number of fused-ring (bicyclic) bond motifs is 8. The molecule has 0 spiro atoms. The molecule has 0 saturated carbocycles. The third kappa shape index (κ3) is 4.03. The summed E-state index contributed by atoms with van der Waals surface area (Å²) in [6.45, 7) is 0. The van der Waals surface area contributed by atoms with Gasteiger partial charge in [0.15, 0.2) is 0 Å². The zero-order chi connectivity index (χ0) is 31.6. The molecule has 0 aliphatic heterocycles. The van der Waals surface area contributed by atoms with Crippen LogP contribution in [0.3, 0.4) is 0 Å². The molecule has 4 heteroatoms. The van der Waals surface area contributed by atoms with E-state index in [9.17, 15) is 0 Å². The molecule has 0 aliphatic rings. The lowest BCUT2D eigenvalue weighted by molar-refractivity contribution is 0.996. The summed E-state index contributed by atoms with van der Waals surface area (Å²) in [5, 5.41) is 7.25. The lowest BCUT2D eigenvalue weighted by Crippen LogP contribution is -2.04. The van der Waals surface area contributed by atoms with Crippen LogP contribution in [0.5, 0.6) is 0 Å². The summed E-state index contributed by atoms with van der Waals surface area (Å²) >= 11 is 0. The fraction of sp³-hybridized carbons (Fsp3) is 0. The van der Waals surface area contributed by atoms with Crippen molar-refractivity contribution in [3.05, 3.63) is 170 Å². The van der Waals surface area contributed by atoms with Crippen LogP contribution in [0.4, 0.5) is 0 Å². The molecule has 4 nitrogen and oxygen atoms in total. The Balaban J connectivity index is 1.34. The van der Waals surface area contributed by atoms with Gasteiger partial charge in [-0.25, -0.2) is 9.97 Å². The zero-order valence-electron chi connectivity index (χ0n) is 26.0. The van der Waals surface area contributed by atoms with Crippen molar-refractivity contribution in [1.82, 2.24) is 19.1 Å². The average molecular weight is 613 g/mol. The molecule has 0 saturated heterocycles. The van der Waals surface area contributed by atoms with Gasteiger partial charge in [-0.3, -0.25) is 4.57 Å². The molecule has 0 fully saturated rings. The summed E-state index contributed by atoms with van der Waals surface area (Å²) in [6, 6.07) is 60.1. The van der Waals surface area contributed by atoms with Gasteiger partial charge >= 0.3 is 0 Å². The molecular formula is C44H28N4. The van der Waals surface area contributed by atoms with Crippen LogP contribution in [0.25, 0.3) is 88.5 Å². The van der Waals surface area contributed by atoms with Gasteiger partial charge in [-0.2, -0.15) is 0 Å². The fourth-order valence-electron chi connectivity index (χ4n) is 7.36. The maximum Gasteiger partial charge on any atom is 0.235 e. The Bertz CT molecular complexity index is 2770. The van der Waals surface area contributed by atoms with Crippen molar-refractivity contribution in [2.24, 2.45) is 0 Å². The second-order valence-corrected chi connectivity index (χ2v) is 12.3. The van der Waals surface area contributed by atoms with Crippen LogP contribution in [-0.2, 0) is 0 Å². The van der Waals surface area contributed by atoms with Crippen molar-refractivity contribution in [2.75, 3.05) is 0 Å². The van der Waals surface area contributed by atoms with Crippen molar-refractivity contribution in [3.8, 4) is 34.2 Å². The molecule has 0 aliphatic carbocycles. The first-order chi connectivity index (χ1) is 23.8. The SMILES string of the molecule is c1ccc(-c2cc(-c3ccccc3)nc(-n3c4ccccc4c4c3ccc3c5ccccc5n(-c5ccc6ccccc6c5)c34)n2)cc1. The molecule has 7 aromatic carbocycles. The molecule has 0 atom stereocenters. The van der Waals surface area contributed by atoms with E-state index in [2.05, 4.69) is 167 Å². The Labute approximate surface area is 276 Å². The summed E-state index contributed by atoms with van der Waals surface area (Å²) in [5.41, 5.74) is 9.52. The van der Waals surface area contributed by atoms with Gasteiger partial charge in [-0.05, 0) is 47.2 Å². The predicted molar refractivity (Wildman–Crippen MR) is 199 cm³/mol. The first-order valence-corrected chi connectivity index (χ1v) is 16.3. The highest BCUT2D eigenvalue weighted by molar-refractivity contribution is 6.26. The van der Waals surface area contributed by atoms with Crippen LogP contribution >= 0.6 is 0 Å². The van der Waals surface area contributed by atoms with Gasteiger partial charge in [0.1, 0.15) is 0 Å². The van der Waals surface area contributed by atoms with Gasteiger partial charge in [0, 0.05) is 38.4 Å². The van der Waals surface area contributed by atoms with Crippen molar-refractivity contribution < 1.29 is 0 Å². The molecule has 3 aromatic heterocycles. The maximum atomic E-state index is 5.25. The molecule has 10 rings (SSSR count). The van der Waals surface area contributed by atoms with E-state index in [4.69, 9.17) is 9.97 Å². The molecule has 0 N–H and O–H groups in total. The van der Waals surface area contributed by atoms with E-state index in [1.165, 1.54) is 38.0 Å². The summed E-state index contributed by atoms with van der Waals surface area (Å²) in [6.07, 6.45) is 0. The summed E-state index contributed by atoms with van der Waals surface area (Å²) in [4.78, 5) is 10.5. The lowest BCUT2D eigenvalue weighted by atomic mass is 10.1. The fourth-order valence-corrected chi connectivity index (χ4v) is 7.36. The van der Waals surface area contributed by atoms with Gasteiger partial charge in [0.25, 0.3) is 0 Å². The average Bonchev–Trinajstić information content (AvgIpc) is 3.68. The molecule has 48 heavy (non-hydrogen) atoms. The van der Waals surface area contributed by atoms with Crippen molar-refractivity contribution in [1.29, 1.82) is 0 Å². The highest BCUT2D eigenvalue weighted by Crippen LogP contribution is 2.42. The Morgan fingerprint density at radius 1 is 0.375 bits per heavy atom. The minimum absolute atomic E-state index is 0.647. The van der Waals surface area contributed by atoms with Crippen molar-refractivity contribution in [3.63, 3.8) is 0 Å². The summed E-state index contributed by atoms with van der Waals surface area (Å²) in [5.74, 6) is 0.647. The van der Waals surface area contributed by atoms with Gasteiger partial charge in [0.2, 0.25) is 5.95 Å². The van der Waals surface area contributed by atoms with E-state index in [1.54, 1.807) is 0 Å². The summed E-state index contributed by atoms with van der Waals surface area (Å²) in [7, 11) is 0. The highest BCUT2D eigenvalue weighted by Gasteiger charge is 2.22. The van der Waals surface area contributed by atoms with Gasteiger partial charge in [-0.15, -0.1) is 0 Å². The van der Waals surface area contributed by atoms with Crippen LogP contribution in [-0.4, -0.2) is 19.1 Å². The topological polar surface area (TPSA) is 35.6 Å².